The van der Waals surface area contributed by atoms with Gasteiger partial charge in [0.25, 0.3) is 10.0 Å². The van der Waals surface area contributed by atoms with Crippen LogP contribution >= 0.6 is 0 Å². The fraction of sp³-hybridized carbons (Fsp3) is 0.364. The van der Waals surface area contributed by atoms with Gasteiger partial charge < -0.3 is 0 Å². The Bertz CT molecular complexity index is 573. The molecule has 0 bridgehead atoms. The SMILES string of the molecule is CC(C)CC(=O)NNS(=O)(=O)c1ccc(F)c(F)c1. The minimum Gasteiger partial charge on any atom is -0.278 e. The average molecular weight is 292 g/mol. The first-order chi connectivity index (χ1) is 8.72. The van der Waals surface area contributed by atoms with Crippen molar-refractivity contribution in [3.63, 3.8) is 0 Å². The van der Waals surface area contributed by atoms with Crippen LogP contribution in [-0.4, -0.2) is 14.3 Å². The monoisotopic (exact) mass is 292 g/mol. The molecule has 0 aliphatic carbocycles. The number of nitrogens with one attached hydrogen (secondary N) is 2. The summed E-state index contributed by atoms with van der Waals surface area (Å²) in [7, 11) is -4.12. The second kappa shape index (κ2) is 6.07. The first-order valence-corrected chi connectivity index (χ1v) is 6.96. The van der Waals surface area contributed by atoms with Gasteiger partial charge >= 0.3 is 0 Å². The van der Waals surface area contributed by atoms with E-state index in [1.807, 2.05) is 10.3 Å². The summed E-state index contributed by atoms with van der Waals surface area (Å²) in [5.41, 5.74) is 1.99. The molecule has 0 unspecified atom stereocenters. The van der Waals surface area contributed by atoms with Crippen LogP contribution in [0.3, 0.4) is 0 Å². The smallest absolute Gasteiger partial charge is 0.257 e. The van der Waals surface area contributed by atoms with Crippen LogP contribution in [0.4, 0.5) is 8.78 Å². The molecule has 0 atom stereocenters. The normalized spacial score (nSPS) is 11.6. The molecule has 0 saturated heterocycles. The molecular formula is C11H14F2N2O3S. The molecule has 1 rings (SSSR count). The van der Waals surface area contributed by atoms with Crippen molar-refractivity contribution >= 4 is 15.9 Å². The molecule has 0 saturated carbocycles. The lowest BCUT2D eigenvalue weighted by Crippen LogP contribution is -2.41. The summed E-state index contributed by atoms with van der Waals surface area (Å²) in [6.45, 7) is 3.59. The topological polar surface area (TPSA) is 75.3 Å². The third-order valence-electron chi connectivity index (χ3n) is 2.12. The maximum absolute atomic E-state index is 12.9. The van der Waals surface area contributed by atoms with Crippen LogP contribution in [0.1, 0.15) is 20.3 Å². The predicted octanol–water partition coefficient (Wildman–Crippen LogP) is 1.32. The summed E-state index contributed by atoms with van der Waals surface area (Å²) >= 11 is 0. The van der Waals surface area contributed by atoms with Crippen molar-refractivity contribution in [1.29, 1.82) is 0 Å². The van der Waals surface area contributed by atoms with Crippen molar-refractivity contribution < 1.29 is 22.0 Å². The van der Waals surface area contributed by atoms with Crippen LogP contribution in [0.5, 0.6) is 0 Å². The summed E-state index contributed by atoms with van der Waals surface area (Å²) in [5, 5.41) is 0. The number of hydrogen-bond acceptors (Lipinski definition) is 3. The maximum atomic E-state index is 12.9. The lowest BCUT2D eigenvalue weighted by molar-refractivity contribution is -0.122. The van der Waals surface area contributed by atoms with Crippen LogP contribution in [0.2, 0.25) is 0 Å². The predicted molar refractivity (Wildman–Crippen MR) is 64.3 cm³/mol. The molecule has 19 heavy (non-hydrogen) atoms. The molecule has 0 radical (unpaired) electrons. The van der Waals surface area contributed by atoms with Gasteiger partial charge in [0.1, 0.15) is 0 Å². The lowest BCUT2D eigenvalue weighted by Gasteiger charge is -2.09. The number of hydrazine groups is 1. The van der Waals surface area contributed by atoms with Gasteiger partial charge in [-0.3, -0.25) is 10.2 Å². The fourth-order valence-electron chi connectivity index (χ4n) is 1.25. The Labute approximate surface area is 110 Å². The zero-order valence-corrected chi connectivity index (χ0v) is 11.2. The highest BCUT2D eigenvalue weighted by molar-refractivity contribution is 7.89. The van der Waals surface area contributed by atoms with Crippen LogP contribution in [0.25, 0.3) is 0 Å². The number of amides is 1. The zero-order valence-electron chi connectivity index (χ0n) is 10.4. The first-order valence-electron chi connectivity index (χ1n) is 5.48. The first kappa shape index (κ1) is 15.5. The van der Waals surface area contributed by atoms with E-state index in [4.69, 9.17) is 0 Å². The molecule has 8 heteroatoms. The van der Waals surface area contributed by atoms with Crippen LogP contribution in [0, 0.1) is 17.6 Å². The molecule has 0 fully saturated rings. The van der Waals surface area contributed by atoms with Gasteiger partial charge in [-0.2, -0.15) is 0 Å². The van der Waals surface area contributed by atoms with Crippen molar-refractivity contribution in [2.24, 2.45) is 5.92 Å². The van der Waals surface area contributed by atoms with E-state index in [-0.39, 0.29) is 12.3 Å². The maximum Gasteiger partial charge on any atom is 0.257 e. The van der Waals surface area contributed by atoms with E-state index in [1.165, 1.54) is 0 Å². The van der Waals surface area contributed by atoms with Gasteiger partial charge in [0.15, 0.2) is 11.6 Å². The number of rotatable bonds is 5. The summed E-state index contributed by atoms with van der Waals surface area (Å²) in [4.78, 5) is 12.6. The number of carbonyl (C=O) groups excluding carboxylic acids is 1. The Morgan fingerprint density at radius 1 is 1.26 bits per heavy atom. The van der Waals surface area contributed by atoms with Crippen molar-refractivity contribution in [2.45, 2.75) is 25.2 Å². The number of carbonyl (C=O) groups is 1. The largest absolute Gasteiger partial charge is 0.278 e. The van der Waals surface area contributed by atoms with Crippen LogP contribution < -0.4 is 10.3 Å². The van der Waals surface area contributed by atoms with Gasteiger partial charge in [0.05, 0.1) is 4.90 Å². The zero-order chi connectivity index (χ0) is 14.6. The van der Waals surface area contributed by atoms with Crippen LogP contribution in [0.15, 0.2) is 23.1 Å². The van der Waals surface area contributed by atoms with Crippen LogP contribution in [-0.2, 0) is 14.8 Å². The number of halogens is 2. The highest BCUT2D eigenvalue weighted by atomic mass is 32.2. The standard InChI is InChI=1S/C11H14F2N2O3S/c1-7(2)5-11(16)14-15-19(17,18)8-3-4-9(12)10(13)6-8/h3-4,6-7,15H,5H2,1-2H3,(H,14,16). The molecule has 1 aromatic rings. The van der Waals surface area contributed by atoms with Crippen molar-refractivity contribution in [3.05, 3.63) is 29.8 Å². The van der Waals surface area contributed by atoms with Gasteiger partial charge in [-0.05, 0) is 24.1 Å². The molecule has 0 heterocycles. The second-order valence-electron chi connectivity index (χ2n) is 4.33. The Morgan fingerprint density at radius 2 is 1.89 bits per heavy atom. The number of benzene rings is 1. The molecule has 2 N–H and O–H groups in total. The molecule has 106 valence electrons. The summed E-state index contributed by atoms with van der Waals surface area (Å²) in [5.74, 6) is -2.88. The third kappa shape index (κ3) is 4.56. The molecule has 5 nitrogen and oxygen atoms in total. The molecule has 0 aliphatic heterocycles. The minimum absolute atomic E-state index is 0.0627. The molecule has 0 spiro atoms. The van der Waals surface area contributed by atoms with Gasteiger partial charge in [-0.15, -0.1) is 4.83 Å². The Balaban J connectivity index is 2.76. The molecular weight excluding hydrogens is 278 g/mol. The van der Waals surface area contributed by atoms with Crippen molar-refractivity contribution in [3.8, 4) is 0 Å². The summed E-state index contributed by atoms with van der Waals surface area (Å²) in [6, 6.07) is 2.13. The summed E-state index contributed by atoms with van der Waals surface area (Å²) < 4.78 is 49.0. The minimum atomic E-state index is -4.12. The molecule has 0 aliphatic rings. The third-order valence-corrected chi connectivity index (χ3v) is 3.37. The quantitative estimate of drug-likeness (QED) is 0.804. The molecule has 1 aromatic carbocycles. The Hall–Kier alpha value is -1.54. The second-order valence-corrected chi connectivity index (χ2v) is 6.01. The van der Waals surface area contributed by atoms with E-state index in [1.54, 1.807) is 13.8 Å². The van der Waals surface area contributed by atoms with Gasteiger partial charge in [-0.25, -0.2) is 17.2 Å². The number of hydrogen-bond donors (Lipinski definition) is 2. The highest BCUT2D eigenvalue weighted by Gasteiger charge is 2.17. The fourth-order valence-corrected chi connectivity index (χ4v) is 2.12. The van der Waals surface area contributed by atoms with E-state index >= 15 is 0 Å². The summed E-state index contributed by atoms with van der Waals surface area (Å²) in [6.07, 6.45) is 0.139. The van der Waals surface area contributed by atoms with E-state index in [2.05, 4.69) is 0 Å². The molecule has 0 aromatic heterocycles. The van der Waals surface area contributed by atoms with E-state index < -0.39 is 32.5 Å². The Morgan fingerprint density at radius 3 is 2.42 bits per heavy atom. The Kier molecular flexibility index (Phi) is 4.96. The lowest BCUT2D eigenvalue weighted by atomic mass is 10.1. The van der Waals surface area contributed by atoms with Gasteiger partial charge in [-0.1, -0.05) is 13.8 Å². The van der Waals surface area contributed by atoms with E-state index in [9.17, 15) is 22.0 Å². The van der Waals surface area contributed by atoms with E-state index in [0.717, 1.165) is 6.07 Å². The average Bonchev–Trinajstić information content (AvgIpc) is 2.29. The highest BCUT2D eigenvalue weighted by Crippen LogP contribution is 2.13. The number of sulfonamides is 1. The van der Waals surface area contributed by atoms with Crippen molar-refractivity contribution in [2.75, 3.05) is 0 Å². The van der Waals surface area contributed by atoms with Crippen molar-refractivity contribution in [1.82, 2.24) is 10.3 Å². The van der Waals surface area contributed by atoms with Gasteiger partial charge in [0.2, 0.25) is 5.91 Å². The van der Waals surface area contributed by atoms with E-state index in [0.29, 0.717) is 12.1 Å². The van der Waals surface area contributed by atoms with Gasteiger partial charge in [0, 0.05) is 6.42 Å². The molecule has 1 amide bonds.